The first-order chi connectivity index (χ1) is 16.0. The second-order valence-electron chi connectivity index (χ2n) is 6.78. The van der Waals surface area contributed by atoms with Gasteiger partial charge in [-0.1, -0.05) is 41.9 Å². The molecular formula is C22H24ClN3O. The third kappa shape index (κ3) is 3.92. The Hall–Kier alpha value is -2.17. The largest absolute Gasteiger partial charge is 0.306 e. The summed E-state index contributed by atoms with van der Waals surface area (Å²) in [5.74, 6) is 0. The van der Waals surface area contributed by atoms with E-state index in [0.717, 1.165) is 0 Å². The monoisotopic (exact) mass is 388 g/mol. The lowest BCUT2D eigenvalue weighted by Crippen LogP contribution is -2.29. The normalized spacial score (nSPS) is 22.7. The van der Waals surface area contributed by atoms with E-state index in [1.54, 1.807) is 24.3 Å². The lowest BCUT2D eigenvalue weighted by Gasteiger charge is -2.19. The number of nitrogens with zero attached hydrogens (tertiary/aromatic N) is 3. The van der Waals surface area contributed by atoms with Crippen LogP contribution >= 0.6 is 11.6 Å². The summed E-state index contributed by atoms with van der Waals surface area (Å²) in [6.07, 6.45) is 1.64. The molecule has 1 unspecified atom stereocenters. The molecule has 0 amide bonds. The predicted molar refractivity (Wildman–Crippen MR) is 111 cm³/mol. The molecule has 0 bridgehead atoms. The van der Waals surface area contributed by atoms with Gasteiger partial charge in [0.05, 0.1) is 22.6 Å². The first-order valence-electron chi connectivity index (χ1n) is 12.5. The zero-order valence-corrected chi connectivity index (χ0v) is 15.5. The standard InChI is InChI=1S/C22H24ClN3O/c1-25-13-4-5-18(12-14-25)26-22(27)20-7-3-2-6-19(20)21(24-26)15-16-8-10-17(23)11-9-16/h2-3,6-11,18H,4-5,12-15H2,1H3/i1D3,8D,9D,10D,11D. The van der Waals surface area contributed by atoms with Crippen LogP contribution in [0.5, 0.6) is 0 Å². The van der Waals surface area contributed by atoms with E-state index in [1.807, 2.05) is 0 Å². The minimum atomic E-state index is -2.19. The number of rotatable bonds is 3. The van der Waals surface area contributed by atoms with Gasteiger partial charge < -0.3 is 4.90 Å². The quantitative estimate of drug-likeness (QED) is 0.671. The van der Waals surface area contributed by atoms with Crippen molar-refractivity contribution in [1.82, 2.24) is 14.7 Å². The molecule has 0 N–H and O–H groups in total. The number of hydrogen-bond donors (Lipinski definition) is 0. The predicted octanol–water partition coefficient (Wildman–Crippen LogP) is 4.30. The molecular weight excluding hydrogens is 358 g/mol. The van der Waals surface area contributed by atoms with E-state index in [4.69, 9.17) is 21.2 Å². The molecule has 0 saturated carbocycles. The lowest BCUT2D eigenvalue weighted by atomic mass is 10.0. The van der Waals surface area contributed by atoms with Crippen molar-refractivity contribution in [3.05, 3.63) is 75.1 Å². The van der Waals surface area contributed by atoms with Gasteiger partial charge in [0.25, 0.3) is 5.56 Å². The van der Waals surface area contributed by atoms with Gasteiger partial charge >= 0.3 is 0 Å². The Bertz CT molecular complexity index is 1280. The fourth-order valence-corrected chi connectivity index (χ4v) is 3.65. The smallest absolute Gasteiger partial charge is 0.274 e. The molecule has 1 aliphatic heterocycles. The number of likely N-dealkylation sites (tertiary alicyclic amines) is 1. The fourth-order valence-electron chi connectivity index (χ4n) is 3.55. The molecule has 0 spiro atoms. The van der Waals surface area contributed by atoms with Crippen LogP contribution in [0, 0.1) is 0 Å². The average Bonchev–Trinajstić information content (AvgIpc) is 3.07. The minimum Gasteiger partial charge on any atom is -0.306 e. The maximum absolute atomic E-state index is 13.3. The Labute approximate surface area is 174 Å². The summed E-state index contributed by atoms with van der Waals surface area (Å²) >= 11 is 5.94. The Balaban J connectivity index is 1.81. The molecule has 1 atom stereocenters. The molecule has 4 nitrogen and oxygen atoms in total. The van der Waals surface area contributed by atoms with Gasteiger partial charge in [0.1, 0.15) is 0 Å². The molecule has 1 aliphatic rings. The van der Waals surface area contributed by atoms with E-state index in [2.05, 4.69) is 5.10 Å². The van der Waals surface area contributed by atoms with E-state index >= 15 is 0 Å². The molecule has 1 fully saturated rings. The fraction of sp³-hybridized carbons (Fsp3) is 0.364. The van der Waals surface area contributed by atoms with Crippen LogP contribution in [-0.4, -0.2) is 34.7 Å². The zero-order chi connectivity index (χ0) is 24.8. The summed E-state index contributed by atoms with van der Waals surface area (Å²) in [6, 6.07) is 5.56. The van der Waals surface area contributed by atoms with Gasteiger partial charge in [0.15, 0.2) is 0 Å². The van der Waals surface area contributed by atoms with Crippen LogP contribution in [-0.2, 0) is 6.42 Å². The SMILES string of the molecule is [2H]c1c([2H])c(Cc2nn(C3CCCN(C([2H])([2H])[2H])CC3)c(=O)c3ccccc23)c([2H])c([2H])c1Cl. The van der Waals surface area contributed by atoms with E-state index < -0.39 is 6.98 Å². The summed E-state index contributed by atoms with van der Waals surface area (Å²) in [5.41, 5.74) is 0.328. The van der Waals surface area contributed by atoms with Crippen LogP contribution < -0.4 is 5.56 Å². The first kappa shape index (κ1) is 11.6. The van der Waals surface area contributed by atoms with Gasteiger partial charge in [-0.15, -0.1) is 0 Å². The van der Waals surface area contributed by atoms with Crippen LogP contribution in [0.2, 0.25) is 5.02 Å². The number of fused-ring (bicyclic) bond motifs is 1. The van der Waals surface area contributed by atoms with Crippen LogP contribution in [0.1, 0.15) is 46.2 Å². The van der Waals surface area contributed by atoms with E-state index in [9.17, 15) is 4.79 Å². The van der Waals surface area contributed by atoms with E-state index in [1.165, 1.54) is 9.58 Å². The zero-order valence-electron chi connectivity index (χ0n) is 21.8. The van der Waals surface area contributed by atoms with Gasteiger partial charge in [-0.05, 0) is 63.0 Å². The van der Waals surface area contributed by atoms with Crippen molar-refractivity contribution >= 4 is 22.4 Å². The maximum Gasteiger partial charge on any atom is 0.274 e. The summed E-state index contributed by atoms with van der Waals surface area (Å²) in [6.45, 7) is -1.46. The average molecular weight is 389 g/mol. The molecule has 2 heterocycles. The minimum absolute atomic E-state index is 0.0124. The molecule has 140 valence electrons. The van der Waals surface area contributed by atoms with Gasteiger partial charge in [0.2, 0.25) is 0 Å². The Morgan fingerprint density at radius 3 is 2.74 bits per heavy atom. The molecule has 0 aliphatic carbocycles. The van der Waals surface area contributed by atoms with Crippen molar-refractivity contribution in [2.75, 3.05) is 20.1 Å². The Morgan fingerprint density at radius 1 is 1.19 bits per heavy atom. The van der Waals surface area contributed by atoms with Crippen molar-refractivity contribution in [3.8, 4) is 0 Å². The number of hydrogen-bond acceptors (Lipinski definition) is 3. The lowest BCUT2D eigenvalue weighted by molar-refractivity contribution is 0.334. The van der Waals surface area contributed by atoms with Crippen LogP contribution in [0.15, 0.2) is 53.2 Å². The van der Waals surface area contributed by atoms with E-state index in [-0.39, 0.29) is 52.8 Å². The summed E-state index contributed by atoms with van der Waals surface area (Å²) in [5, 5.41) is 5.41. The van der Waals surface area contributed by atoms with Crippen molar-refractivity contribution in [1.29, 1.82) is 0 Å². The van der Waals surface area contributed by atoms with Crippen molar-refractivity contribution < 1.29 is 9.60 Å². The van der Waals surface area contributed by atoms with Gasteiger partial charge in [-0.3, -0.25) is 4.79 Å². The highest BCUT2D eigenvalue weighted by molar-refractivity contribution is 6.30. The molecule has 1 saturated heterocycles. The van der Waals surface area contributed by atoms with Gasteiger partial charge in [0, 0.05) is 20.9 Å². The Kier molecular flexibility index (Phi) is 3.37. The summed E-state index contributed by atoms with van der Waals surface area (Å²) < 4.78 is 57.2. The Morgan fingerprint density at radius 2 is 1.96 bits per heavy atom. The molecule has 27 heavy (non-hydrogen) atoms. The van der Waals surface area contributed by atoms with Crippen molar-refractivity contribution in [3.63, 3.8) is 0 Å². The third-order valence-electron chi connectivity index (χ3n) is 4.94. The highest BCUT2D eigenvalue weighted by Crippen LogP contribution is 2.23. The topological polar surface area (TPSA) is 38.1 Å². The molecule has 3 aromatic rings. The molecule has 5 heteroatoms. The summed E-state index contributed by atoms with van der Waals surface area (Å²) in [7, 11) is 0. The van der Waals surface area contributed by atoms with Crippen molar-refractivity contribution in [2.24, 2.45) is 0 Å². The van der Waals surface area contributed by atoms with Crippen LogP contribution in [0.4, 0.5) is 0 Å². The van der Waals surface area contributed by atoms with Crippen LogP contribution in [0.3, 0.4) is 0 Å². The second-order valence-corrected chi connectivity index (χ2v) is 7.16. The highest BCUT2D eigenvalue weighted by Gasteiger charge is 2.21. The number of halogens is 1. The van der Waals surface area contributed by atoms with Crippen LogP contribution in [0.25, 0.3) is 10.8 Å². The van der Waals surface area contributed by atoms with Gasteiger partial charge in [-0.25, -0.2) is 4.68 Å². The molecule has 0 radical (unpaired) electrons. The third-order valence-corrected chi connectivity index (χ3v) is 5.13. The summed E-state index contributed by atoms with van der Waals surface area (Å²) in [4.78, 5) is 14.8. The molecule has 1 aromatic heterocycles. The molecule has 2 aromatic carbocycles. The molecule has 4 rings (SSSR count). The second kappa shape index (κ2) is 7.83. The number of aromatic nitrogens is 2. The number of benzene rings is 2. The van der Waals surface area contributed by atoms with Crippen molar-refractivity contribution in [2.45, 2.75) is 31.7 Å². The highest BCUT2D eigenvalue weighted by atomic mass is 35.5. The first-order valence-corrected chi connectivity index (χ1v) is 9.38. The maximum atomic E-state index is 13.3. The van der Waals surface area contributed by atoms with E-state index in [0.29, 0.717) is 48.8 Å². The van der Waals surface area contributed by atoms with Gasteiger partial charge in [-0.2, -0.15) is 5.10 Å².